The number of fused-ring (bicyclic) bond motifs is 1. The lowest BCUT2D eigenvalue weighted by Crippen LogP contribution is -2.33. The fraction of sp³-hybridized carbons (Fsp3) is 0.667. The standard InChI is InChI=1S/C15H21N5O7S/c21-11-9(5-24-28-27-26-23)25-15(12(11)22)20-7-18-10-13(16-6-17-14(10)20)19-8-3-1-2-4-8/h6-9,11-12,15,21-23H,1-5H2,(H,16,17,19)/t9-,11-,12-,15-/m1/s1. The molecule has 2 fully saturated rings. The third-order valence-electron chi connectivity index (χ3n) is 5.00. The van der Waals surface area contributed by atoms with Gasteiger partial charge in [0.1, 0.15) is 24.6 Å². The van der Waals surface area contributed by atoms with E-state index in [2.05, 4.69) is 29.6 Å². The maximum Gasteiger partial charge on any atom is 0.197 e. The third-order valence-corrected chi connectivity index (χ3v) is 5.35. The van der Waals surface area contributed by atoms with E-state index < -0.39 is 24.5 Å². The maximum atomic E-state index is 10.4. The fourth-order valence-corrected chi connectivity index (χ4v) is 3.88. The van der Waals surface area contributed by atoms with Crippen LogP contribution in [-0.4, -0.2) is 65.9 Å². The zero-order valence-electron chi connectivity index (χ0n) is 14.7. The van der Waals surface area contributed by atoms with Gasteiger partial charge >= 0.3 is 0 Å². The van der Waals surface area contributed by atoms with Crippen LogP contribution in [-0.2, 0) is 18.3 Å². The Labute approximate surface area is 164 Å². The summed E-state index contributed by atoms with van der Waals surface area (Å²) in [6.07, 6.45) is 3.35. The lowest BCUT2D eigenvalue weighted by Gasteiger charge is -2.17. The van der Waals surface area contributed by atoms with E-state index >= 15 is 0 Å². The van der Waals surface area contributed by atoms with Gasteiger partial charge in [-0.25, -0.2) is 20.2 Å². The second-order valence-corrected chi connectivity index (χ2v) is 7.22. The van der Waals surface area contributed by atoms with Gasteiger partial charge in [0.2, 0.25) is 0 Å². The summed E-state index contributed by atoms with van der Waals surface area (Å²) in [7, 11) is 0. The predicted octanol–water partition coefficient (Wildman–Crippen LogP) is 0.801. The zero-order chi connectivity index (χ0) is 19.5. The van der Waals surface area contributed by atoms with Gasteiger partial charge in [-0.15, -0.1) is 4.33 Å². The number of aromatic nitrogens is 4. The van der Waals surface area contributed by atoms with Crippen LogP contribution in [0.25, 0.3) is 11.2 Å². The van der Waals surface area contributed by atoms with Crippen LogP contribution in [0.1, 0.15) is 31.9 Å². The Morgan fingerprint density at radius 1 is 1.21 bits per heavy atom. The van der Waals surface area contributed by atoms with Gasteiger partial charge in [-0.3, -0.25) is 8.75 Å². The summed E-state index contributed by atoms with van der Waals surface area (Å²) in [5, 5.41) is 35.5. The van der Waals surface area contributed by atoms with Gasteiger partial charge in [-0.05, 0) is 12.8 Å². The number of aliphatic hydroxyl groups is 2. The Kier molecular flexibility index (Phi) is 6.22. The molecule has 1 saturated heterocycles. The Morgan fingerprint density at radius 2 is 2.04 bits per heavy atom. The fourth-order valence-electron chi connectivity index (χ4n) is 3.63. The van der Waals surface area contributed by atoms with Crippen LogP contribution in [0, 0.1) is 0 Å². The van der Waals surface area contributed by atoms with E-state index in [1.54, 1.807) is 4.57 Å². The minimum absolute atomic E-state index is 0.112. The highest BCUT2D eigenvalue weighted by molar-refractivity contribution is 7.89. The van der Waals surface area contributed by atoms with E-state index in [0.717, 1.165) is 12.8 Å². The number of imidazole rings is 1. The summed E-state index contributed by atoms with van der Waals surface area (Å²) in [4.78, 5) is 12.9. The molecule has 0 spiro atoms. The van der Waals surface area contributed by atoms with Gasteiger partial charge in [0.15, 0.2) is 35.5 Å². The minimum Gasteiger partial charge on any atom is -0.387 e. The molecule has 3 heterocycles. The topological polar surface area (TPSA) is 153 Å². The number of aliphatic hydroxyl groups excluding tert-OH is 2. The molecule has 0 radical (unpaired) electrons. The lowest BCUT2D eigenvalue weighted by molar-refractivity contribution is -0.434. The van der Waals surface area contributed by atoms with Gasteiger partial charge in [-0.2, -0.15) is 0 Å². The second-order valence-electron chi connectivity index (χ2n) is 6.71. The molecule has 4 atom stereocenters. The van der Waals surface area contributed by atoms with Crippen molar-refractivity contribution >= 4 is 29.3 Å². The third kappa shape index (κ3) is 3.92. The molecule has 1 saturated carbocycles. The summed E-state index contributed by atoms with van der Waals surface area (Å²) in [6, 6.07) is 0.363. The molecule has 0 bridgehead atoms. The molecule has 13 heteroatoms. The number of hydrogen-bond acceptors (Lipinski definition) is 12. The van der Waals surface area contributed by atoms with Crippen molar-refractivity contribution in [1.29, 1.82) is 0 Å². The Balaban J connectivity index is 1.50. The van der Waals surface area contributed by atoms with E-state index in [1.165, 1.54) is 25.5 Å². The Morgan fingerprint density at radius 3 is 2.82 bits per heavy atom. The molecule has 4 N–H and O–H groups in total. The second kappa shape index (κ2) is 8.84. The van der Waals surface area contributed by atoms with E-state index in [-0.39, 0.29) is 6.61 Å². The molecular formula is C15H21N5O7S. The smallest absolute Gasteiger partial charge is 0.197 e. The molecule has 12 nitrogen and oxygen atoms in total. The Hall–Kier alpha value is -1.58. The van der Waals surface area contributed by atoms with E-state index in [9.17, 15) is 10.2 Å². The molecule has 0 amide bonds. The van der Waals surface area contributed by atoms with E-state index in [1.807, 2.05) is 0 Å². The van der Waals surface area contributed by atoms with Crippen LogP contribution in [0.3, 0.4) is 0 Å². The first-order valence-corrected chi connectivity index (χ1v) is 9.57. The van der Waals surface area contributed by atoms with Gasteiger partial charge in [0.25, 0.3) is 0 Å². The molecule has 28 heavy (non-hydrogen) atoms. The number of anilines is 1. The molecule has 1 aliphatic carbocycles. The molecule has 1 aliphatic heterocycles. The van der Waals surface area contributed by atoms with Crippen molar-refractivity contribution in [2.45, 2.75) is 56.3 Å². The predicted molar refractivity (Wildman–Crippen MR) is 95.5 cm³/mol. The van der Waals surface area contributed by atoms with Crippen LogP contribution in [0.2, 0.25) is 0 Å². The molecule has 2 aliphatic rings. The molecule has 4 rings (SSSR count). The van der Waals surface area contributed by atoms with Gasteiger partial charge in [0.05, 0.1) is 12.9 Å². The van der Waals surface area contributed by atoms with Crippen LogP contribution in [0.5, 0.6) is 0 Å². The number of rotatable bonds is 8. The largest absolute Gasteiger partial charge is 0.387 e. The zero-order valence-corrected chi connectivity index (χ0v) is 15.6. The monoisotopic (exact) mass is 415 g/mol. The van der Waals surface area contributed by atoms with Crippen molar-refractivity contribution in [3.8, 4) is 0 Å². The van der Waals surface area contributed by atoms with Crippen molar-refractivity contribution < 1.29 is 33.8 Å². The summed E-state index contributed by atoms with van der Waals surface area (Å²) in [5.41, 5.74) is 1.06. The van der Waals surface area contributed by atoms with Crippen LogP contribution >= 0.6 is 12.3 Å². The summed E-state index contributed by atoms with van der Waals surface area (Å²) < 4.78 is 16.4. The lowest BCUT2D eigenvalue weighted by atomic mass is 10.1. The highest BCUT2D eigenvalue weighted by Gasteiger charge is 2.44. The molecule has 154 valence electrons. The normalized spacial score (nSPS) is 28.4. The molecule has 2 aromatic rings. The summed E-state index contributed by atoms with van der Waals surface area (Å²) >= 11 is 0.369. The molecular weight excluding hydrogens is 394 g/mol. The average molecular weight is 415 g/mol. The SMILES string of the molecule is OOOSOC[C@H]1O[C@@H](n2cnc3c(NC4CCCC4)ncnc32)[C@H](O)[C@@H]1O. The highest BCUT2D eigenvalue weighted by Crippen LogP contribution is 2.33. The van der Waals surface area contributed by atoms with Crippen LogP contribution < -0.4 is 5.32 Å². The van der Waals surface area contributed by atoms with Crippen LogP contribution in [0.4, 0.5) is 5.82 Å². The first-order chi connectivity index (χ1) is 13.7. The van der Waals surface area contributed by atoms with Gasteiger partial charge in [0, 0.05) is 6.04 Å². The van der Waals surface area contributed by atoms with Gasteiger partial charge in [-0.1, -0.05) is 17.9 Å². The van der Waals surface area contributed by atoms with Gasteiger partial charge < -0.3 is 20.3 Å². The maximum absolute atomic E-state index is 10.4. The number of nitrogens with one attached hydrogen (secondary N) is 1. The first-order valence-electron chi connectivity index (χ1n) is 8.91. The number of hydrogen-bond donors (Lipinski definition) is 4. The van der Waals surface area contributed by atoms with Crippen molar-refractivity contribution in [1.82, 2.24) is 19.5 Å². The molecule has 0 unspecified atom stereocenters. The summed E-state index contributed by atoms with van der Waals surface area (Å²) in [6.45, 7) is -0.112. The molecule has 0 aromatic carbocycles. The highest BCUT2D eigenvalue weighted by atomic mass is 32.2. The minimum atomic E-state index is -1.22. The molecule has 2 aromatic heterocycles. The van der Waals surface area contributed by atoms with Crippen molar-refractivity contribution in [2.75, 3.05) is 11.9 Å². The van der Waals surface area contributed by atoms with Crippen molar-refractivity contribution in [2.24, 2.45) is 0 Å². The van der Waals surface area contributed by atoms with E-state index in [4.69, 9.17) is 14.2 Å². The average Bonchev–Trinajstić information content (AvgIpc) is 3.42. The van der Waals surface area contributed by atoms with Crippen LogP contribution in [0.15, 0.2) is 12.7 Å². The number of nitrogens with zero attached hydrogens (tertiary/aromatic N) is 4. The first kappa shape index (κ1) is 19.7. The quantitative estimate of drug-likeness (QED) is 0.209. The van der Waals surface area contributed by atoms with Crippen molar-refractivity contribution in [3.05, 3.63) is 12.7 Å². The number of ether oxygens (including phenoxy) is 1. The summed E-state index contributed by atoms with van der Waals surface area (Å²) in [5.74, 6) is 0.640. The van der Waals surface area contributed by atoms with E-state index in [0.29, 0.717) is 35.3 Å². The Bertz CT molecular complexity index is 789. The van der Waals surface area contributed by atoms with Crippen molar-refractivity contribution in [3.63, 3.8) is 0 Å².